The number of nitrogens with one attached hydrogen (secondary N) is 1. The Labute approximate surface area is 116 Å². The summed E-state index contributed by atoms with van der Waals surface area (Å²) in [7, 11) is 0. The average Bonchev–Trinajstić information content (AvgIpc) is 2.37. The first-order valence-corrected chi connectivity index (χ1v) is 6.12. The lowest BCUT2D eigenvalue weighted by Gasteiger charge is -2.12. The predicted molar refractivity (Wildman–Crippen MR) is 68.5 cm³/mol. The fourth-order valence-electron chi connectivity index (χ4n) is 1.45. The van der Waals surface area contributed by atoms with Crippen molar-refractivity contribution in [2.45, 2.75) is 12.7 Å². The van der Waals surface area contributed by atoms with Gasteiger partial charge in [-0.2, -0.15) is 13.2 Å². The molecule has 1 heterocycles. The van der Waals surface area contributed by atoms with Crippen molar-refractivity contribution in [2.75, 3.05) is 5.32 Å². The van der Waals surface area contributed by atoms with Crippen molar-refractivity contribution in [1.82, 2.24) is 9.97 Å². The van der Waals surface area contributed by atoms with Crippen molar-refractivity contribution in [3.8, 4) is 0 Å². The van der Waals surface area contributed by atoms with Gasteiger partial charge < -0.3 is 5.32 Å². The molecule has 2 rings (SSSR count). The van der Waals surface area contributed by atoms with E-state index in [9.17, 15) is 13.2 Å². The van der Waals surface area contributed by atoms with Crippen molar-refractivity contribution in [3.05, 3.63) is 52.5 Å². The van der Waals surface area contributed by atoms with Crippen LogP contribution >= 0.6 is 15.9 Å². The quantitative estimate of drug-likeness (QED) is 0.927. The summed E-state index contributed by atoms with van der Waals surface area (Å²) in [5, 5.41) is 2.85. The number of benzene rings is 1. The third-order valence-corrected chi connectivity index (χ3v) is 3.03. The number of halogens is 4. The maximum atomic E-state index is 12.7. The monoisotopic (exact) mass is 331 g/mol. The average molecular weight is 332 g/mol. The molecule has 0 saturated heterocycles. The standard InChI is InChI=1S/C12H9BrF3N3/c13-10-3-2-8(6-9(10)12(14,15)16)19-7-11-17-4-1-5-18-11/h1-6,19H,7H2. The van der Waals surface area contributed by atoms with Gasteiger partial charge in [0, 0.05) is 22.6 Å². The number of rotatable bonds is 3. The fraction of sp³-hybridized carbons (Fsp3) is 0.167. The molecule has 0 radical (unpaired) electrons. The van der Waals surface area contributed by atoms with E-state index >= 15 is 0 Å². The second-order valence-corrected chi connectivity index (χ2v) is 4.57. The van der Waals surface area contributed by atoms with Crippen molar-refractivity contribution >= 4 is 21.6 Å². The van der Waals surface area contributed by atoms with E-state index < -0.39 is 11.7 Å². The Bertz CT molecular complexity index is 558. The molecule has 0 fully saturated rings. The zero-order chi connectivity index (χ0) is 13.9. The van der Waals surface area contributed by atoms with Gasteiger partial charge in [-0.1, -0.05) is 15.9 Å². The van der Waals surface area contributed by atoms with E-state index in [-0.39, 0.29) is 11.0 Å². The highest BCUT2D eigenvalue weighted by Gasteiger charge is 2.33. The van der Waals surface area contributed by atoms with Crippen LogP contribution in [-0.2, 0) is 12.7 Å². The van der Waals surface area contributed by atoms with Crippen LogP contribution in [0, 0.1) is 0 Å². The maximum absolute atomic E-state index is 12.7. The molecule has 100 valence electrons. The van der Waals surface area contributed by atoms with E-state index in [0.29, 0.717) is 11.5 Å². The Morgan fingerprint density at radius 2 is 1.84 bits per heavy atom. The zero-order valence-electron chi connectivity index (χ0n) is 9.58. The van der Waals surface area contributed by atoms with E-state index in [1.807, 2.05) is 0 Å². The summed E-state index contributed by atoms with van der Waals surface area (Å²) in [6.07, 6.45) is -1.24. The van der Waals surface area contributed by atoms with E-state index in [2.05, 4.69) is 31.2 Å². The molecule has 0 aliphatic rings. The summed E-state index contributed by atoms with van der Waals surface area (Å²) in [5.41, 5.74) is -0.352. The zero-order valence-corrected chi connectivity index (χ0v) is 11.2. The molecule has 0 aliphatic carbocycles. The Morgan fingerprint density at radius 3 is 2.47 bits per heavy atom. The molecule has 7 heteroatoms. The summed E-state index contributed by atoms with van der Waals surface area (Å²) in [5.74, 6) is 0.513. The molecule has 2 aromatic rings. The van der Waals surface area contributed by atoms with Crippen LogP contribution in [0.1, 0.15) is 11.4 Å². The highest BCUT2D eigenvalue weighted by Crippen LogP contribution is 2.36. The van der Waals surface area contributed by atoms with Crippen molar-refractivity contribution in [3.63, 3.8) is 0 Å². The van der Waals surface area contributed by atoms with Crippen LogP contribution in [0.25, 0.3) is 0 Å². The largest absolute Gasteiger partial charge is 0.417 e. The van der Waals surface area contributed by atoms with Gasteiger partial charge in [-0.05, 0) is 24.3 Å². The minimum Gasteiger partial charge on any atom is -0.378 e. The van der Waals surface area contributed by atoms with Gasteiger partial charge in [0.1, 0.15) is 5.82 Å². The van der Waals surface area contributed by atoms with Gasteiger partial charge in [0.15, 0.2) is 0 Å². The summed E-state index contributed by atoms with van der Waals surface area (Å²) < 4.78 is 38.1. The third kappa shape index (κ3) is 3.66. The minimum absolute atomic E-state index is 0.0153. The first-order chi connectivity index (χ1) is 8.97. The number of hydrogen-bond donors (Lipinski definition) is 1. The molecule has 0 saturated carbocycles. The maximum Gasteiger partial charge on any atom is 0.417 e. The van der Waals surface area contributed by atoms with Crippen LogP contribution < -0.4 is 5.32 Å². The highest BCUT2D eigenvalue weighted by molar-refractivity contribution is 9.10. The molecule has 0 atom stereocenters. The second-order valence-electron chi connectivity index (χ2n) is 3.71. The summed E-state index contributed by atoms with van der Waals surface area (Å²) in [6, 6.07) is 5.64. The van der Waals surface area contributed by atoms with Gasteiger partial charge in [-0.15, -0.1) is 0 Å². The molecule has 0 bridgehead atoms. The van der Waals surface area contributed by atoms with Gasteiger partial charge >= 0.3 is 6.18 Å². The lowest BCUT2D eigenvalue weighted by atomic mass is 10.2. The molecule has 3 nitrogen and oxygen atoms in total. The van der Waals surface area contributed by atoms with E-state index in [1.54, 1.807) is 24.5 Å². The SMILES string of the molecule is FC(F)(F)c1cc(NCc2ncccn2)ccc1Br. The predicted octanol–water partition coefficient (Wildman–Crippen LogP) is 3.87. The normalized spacial score (nSPS) is 11.4. The Morgan fingerprint density at radius 1 is 1.16 bits per heavy atom. The third-order valence-electron chi connectivity index (χ3n) is 2.34. The smallest absolute Gasteiger partial charge is 0.378 e. The van der Waals surface area contributed by atoms with Crippen LogP contribution in [0.5, 0.6) is 0 Å². The molecule has 1 aromatic carbocycles. The topological polar surface area (TPSA) is 37.8 Å². The number of nitrogens with zero attached hydrogens (tertiary/aromatic N) is 2. The van der Waals surface area contributed by atoms with Crippen molar-refractivity contribution < 1.29 is 13.2 Å². The molecular formula is C12H9BrF3N3. The van der Waals surface area contributed by atoms with Crippen LogP contribution in [-0.4, -0.2) is 9.97 Å². The molecule has 0 amide bonds. The summed E-state index contributed by atoms with van der Waals surface area (Å²) >= 11 is 2.89. The lowest BCUT2D eigenvalue weighted by Crippen LogP contribution is -2.08. The minimum atomic E-state index is -4.39. The molecule has 0 unspecified atom stereocenters. The van der Waals surface area contributed by atoms with Gasteiger partial charge in [0.2, 0.25) is 0 Å². The van der Waals surface area contributed by atoms with Crippen molar-refractivity contribution in [2.24, 2.45) is 0 Å². The molecule has 0 aliphatic heterocycles. The van der Waals surface area contributed by atoms with E-state index in [1.165, 1.54) is 6.07 Å². The molecular weight excluding hydrogens is 323 g/mol. The van der Waals surface area contributed by atoms with Gasteiger partial charge in [0.25, 0.3) is 0 Å². The number of hydrogen-bond acceptors (Lipinski definition) is 3. The van der Waals surface area contributed by atoms with Crippen LogP contribution in [0.4, 0.5) is 18.9 Å². The van der Waals surface area contributed by atoms with Gasteiger partial charge in [-0.25, -0.2) is 9.97 Å². The Hall–Kier alpha value is -1.63. The summed E-state index contributed by atoms with van der Waals surface area (Å²) in [4.78, 5) is 7.95. The first-order valence-electron chi connectivity index (χ1n) is 5.33. The number of anilines is 1. The number of alkyl halides is 3. The molecule has 1 N–H and O–H groups in total. The second kappa shape index (κ2) is 5.56. The first kappa shape index (κ1) is 13.8. The van der Waals surface area contributed by atoms with Gasteiger partial charge in [-0.3, -0.25) is 0 Å². The van der Waals surface area contributed by atoms with Crippen molar-refractivity contribution in [1.29, 1.82) is 0 Å². The van der Waals surface area contributed by atoms with Crippen LogP contribution in [0.2, 0.25) is 0 Å². The molecule has 0 spiro atoms. The Kier molecular flexibility index (Phi) is 4.04. The molecule has 1 aromatic heterocycles. The lowest BCUT2D eigenvalue weighted by molar-refractivity contribution is -0.138. The molecule has 19 heavy (non-hydrogen) atoms. The Balaban J connectivity index is 2.14. The fourth-order valence-corrected chi connectivity index (χ4v) is 1.93. The van der Waals surface area contributed by atoms with E-state index in [4.69, 9.17) is 0 Å². The number of aromatic nitrogens is 2. The van der Waals surface area contributed by atoms with E-state index in [0.717, 1.165) is 6.07 Å². The van der Waals surface area contributed by atoms with Gasteiger partial charge in [0.05, 0.1) is 12.1 Å². The van der Waals surface area contributed by atoms with Crippen LogP contribution in [0.15, 0.2) is 41.1 Å². The summed E-state index contributed by atoms with van der Waals surface area (Å²) in [6.45, 7) is 0.264. The van der Waals surface area contributed by atoms with Crippen LogP contribution in [0.3, 0.4) is 0 Å². The highest BCUT2D eigenvalue weighted by atomic mass is 79.9.